The van der Waals surface area contributed by atoms with E-state index in [2.05, 4.69) is 4.98 Å². The van der Waals surface area contributed by atoms with Gasteiger partial charge in [0.05, 0.1) is 40.5 Å². The zero-order chi connectivity index (χ0) is 24.3. The lowest BCUT2D eigenvalue weighted by Crippen LogP contribution is -2.25. The summed E-state index contributed by atoms with van der Waals surface area (Å²) >= 11 is 6.41. The fourth-order valence-corrected chi connectivity index (χ4v) is 3.74. The minimum Gasteiger partial charge on any atom is -0.478 e. The van der Waals surface area contributed by atoms with Gasteiger partial charge >= 0.3 is 12.1 Å². The van der Waals surface area contributed by atoms with Crippen molar-refractivity contribution in [2.75, 3.05) is 8.77 Å². The van der Waals surface area contributed by atoms with Crippen molar-refractivity contribution in [2.45, 2.75) is 12.7 Å². The largest absolute Gasteiger partial charge is 0.478 e. The second kappa shape index (κ2) is 9.81. The Hall–Kier alpha value is -3.09. The van der Waals surface area contributed by atoms with E-state index in [1.807, 2.05) is 0 Å². The molecule has 13 heteroatoms. The van der Waals surface area contributed by atoms with Crippen LogP contribution in [0.3, 0.4) is 0 Å². The molecule has 1 heterocycles. The highest BCUT2D eigenvalue weighted by atomic mass is 35.5. The van der Waals surface area contributed by atoms with Gasteiger partial charge in [0, 0.05) is 11.8 Å². The first-order chi connectivity index (χ1) is 15.5. The molecular formula is C20H13ClF5N3O3S. The molecule has 33 heavy (non-hydrogen) atoms. The van der Waals surface area contributed by atoms with Gasteiger partial charge in [-0.2, -0.15) is 17.6 Å². The Morgan fingerprint density at radius 2 is 1.70 bits per heavy atom. The Kier molecular flexibility index (Phi) is 7.30. The number of carboxylic acid groups (broad SMARTS) is 1. The van der Waals surface area contributed by atoms with Crippen LogP contribution in [0.25, 0.3) is 0 Å². The summed E-state index contributed by atoms with van der Waals surface area (Å²) in [5.74, 6) is -3.37. The molecule has 0 unspecified atom stereocenters. The summed E-state index contributed by atoms with van der Waals surface area (Å²) in [6, 6.07) is 8.61. The van der Waals surface area contributed by atoms with Gasteiger partial charge in [-0.25, -0.2) is 18.6 Å². The number of carbonyl (C=O) groups is 1. The van der Waals surface area contributed by atoms with E-state index in [1.165, 1.54) is 24.3 Å². The molecule has 3 aromatic rings. The topological polar surface area (TPSA) is 76.9 Å². The highest BCUT2D eigenvalue weighted by molar-refractivity contribution is 8.01. The molecule has 0 spiro atoms. The van der Waals surface area contributed by atoms with E-state index < -0.39 is 46.5 Å². The number of alkyl halides is 3. The molecule has 1 aromatic heterocycles. The number of halogens is 6. The first-order valence-electron chi connectivity index (χ1n) is 8.91. The average Bonchev–Trinajstić information content (AvgIpc) is 2.75. The maximum absolute atomic E-state index is 14.2. The molecule has 2 N–H and O–H groups in total. The second-order valence-electron chi connectivity index (χ2n) is 6.47. The summed E-state index contributed by atoms with van der Waals surface area (Å²) in [6.45, 7) is -0.578. The molecule has 6 nitrogen and oxygen atoms in total. The Labute approximate surface area is 193 Å². The van der Waals surface area contributed by atoms with Crippen molar-refractivity contribution in [3.05, 3.63) is 88.1 Å². The number of benzene rings is 2. The smallest absolute Gasteiger partial charge is 0.417 e. The van der Waals surface area contributed by atoms with Crippen molar-refractivity contribution in [1.29, 1.82) is 0 Å². The number of carboxylic acids is 1. The quantitative estimate of drug-likeness (QED) is 0.225. The van der Waals surface area contributed by atoms with Crippen LogP contribution in [0.4, 0.5) is 33.5 Å². The minimum atomic E-state index is -4.72. The van der Waals surface area contributed by atoms with E-state index in [9.17, 15) is 32.0 Å². The second-order valence-corrected chi connectivity index (χ2v) is 7.83. The van der Waals surface area contributed by atoms with Gasteiger partial charge in [-0.05, 0) is 42.5 Å². The Morgan fingerprint density at radius 3 is 2.21 bits per heavy atom. The van der Waals surface area contributed by atoms with Crippen LogP contribution in [0.1, 0.15) is 21.5 Å². The van der Waals surface area contributed by atoms with Crippen LogP contribution >= 0.6 is 23.7 Å². The third kappa shape index (κ3) is 5.83. The normalized spacial score (nSPS) is 11.4. The van der Waals surface area contributed by atoms with Crippen molar-refractivity contribution < 1.29 is 37.1 Å². The van der Waals surface area contributed by atoms with Gasteiger partial charge in [0.25, 0.3) is 0 Å². The summed E-state index contributed by atoms with van der Waals surface area (Å²) in [5.41, 5.74) is -1.58. The summed E-state index contributed by atoms with van der Waals surface area (Å²) in [4.78, 5) is 14.7. The number of aromatic carboxylic acids is 1. The van der Waals surface area contributed by atoms with Gasteiger partial charge in [-0.3, -0.25) is 9.51 Å². The zero-order valence-electron chi connectivity index (χ0n) is 16.2. The van der Waals surface area contributed by atoms with Crippen LogP contribution in [0.2, 0.25) is 5.02 Å². The number of anilines is 2. The van der Waals surface area contributed by atoms with E-state index in [0.29, 0.717) is 28.9 Å². The van der Waals surface area contributed by atoms with Gasteiger partial charge in [-0.15, -0.1) is 0 Å². The number of rotatable bonds is 7. The predicted molar refractivity (Wildman–Crippen MR) is 112 cm³/mol. The Morgan fingerprint density at radius 1 is 1.09 bits per heavy atom. The van der Waals surface area contributed by atoms with Gasteiger partial charge < -0.3 is 5.11 Å². The van der Waals surface area contributed by atoms with Crippen molar-refractivity contribution in [1.82, 2.24) is 4.98 Å². The lowest BCUT2D eigenvalue weighted by Gasteiger charge is -2.27. The van der Waals surface area contributed by atoms with Crippen molar-refractivity contribution in [3.63, 3.8) is 0 Å². The van der Waals surface area contributed by atoms with Crippen molar-refractivity contribution in [2.24, 2.45) is 0 Å². The lowest BCUT2D eigenvalue weighted by atomic mass is 10.2. The maximum Gasteiger partial charge on any atom is 0.417 e. The van der Waals surface area contributed by atoms with Crippen LogP contribution in [-0.2, 0) is 12.7 Å². The predicted octanol–water partition coefficient (Wildman–Crippen LogP) is 6.20. The number of aromatic nitrogens is 1. The van der Waals surface area contributed by atoms with Crippen LogP contribution in [-0.4, -0.2) is 21.3 Å². The Balaban J connectivity index is 1.97. The summed E-state index contributed by atoms with van der Waals surface area (Å²) < 4.78 is 68.8. The number of nitrogens with zero attached hydrogens (tertiary/aromatic N) is 3. The van der Waals surface area contributed by atoms with E-state index >= 15 is 0 Å². The molecule has 0 radical (unpaired) electrons. The van der Waals surface area contributed by atoms with E-state index in [4.69, 9.17) is 16.7 Å². The molecule has 0 aliphatic heterocycles. The standard InChI is InChI=1S/C20H13ClF5N3O3S/c21-15-8-12(20(24,25)26)9-27-18(15)28(10-14-16(22)2-1-3-17(14)23)33-29(32)13-6-4-11(5-7-13)19(30)31/h1-9,32H,10H2,(H,30,31). The van der Waals surface area contributed by atoms with Crippen LogP contribution in [0, 0.1) is 11.6 Å². The number of pyridine rings is 1. The molecule has 3 rings (SSSR count). The molecular weight excluding hydrogens is 493 g/mol. The first kappa shape index (κ1) is 24.6. The minimum absolute atomic E-state index is 0.0603. The fraction of sp³-hybridized carbons (Fsp3) is 0.100. The Bertz CT molecular complexity index is 1140. The molecule has 0 amide bonds. The molecule has 0 atom stereocenters. The van der Waals surface area contributed by atoms with Crippen LogP contribution < -0.4 is 8.77 Å². The van der Waals surface area contributed by atoms with Crippen LogP contribution in [0.15, 0.2) is 54.7 Å². The molecule has 0 aliphatic carbocycles. The highest BCUT2D eigenvalue weighted by Gasteiger charge is 2.32. The van der Waals surface area contributed by atoms with E-state index in [0.717, 1.165) is 22.5 Å². The molecule has 0 fully saturated rings. The fourth-order valence-electron chi connectivity index (χ4n) is 2.61. The van der Waals surface area contributed by atoms with Gasteiger partial charge in [0.1, 0.15) is 11.6 Å². The van der Waals surface area contributed by atoms with Crippen molar-refractivity contribution in [3.8, 4) is 0 Å². The molecule has 2 aromatic carbocycles. The van der Waals surface area contributed by atoms with Gasteiger partial charge in [-0.1, -0.05) is 17.7 Å². The van der Waals surface area contributed by atoms with Gasteiger partial charge in [0.15, 0.2) is 5.82 Å². The molecule has 0 bridgehead atoms. The first-order valence-corrected chi connectivity index (χ1v) is 10.0. The maximum atomic E-state index is 14.2. The van der Waals surface area contributed by atoms with Gasteiger partial charge in [0.2, 0.25) is 0 Å². The summed E-state index contributed by atoms with van der Waals surface area (Å²) in [6.07, 6.45) is -4.23. The number of hydrogen-bond donors (Lipinski definition) is 2. The van der Waals surface area contributed by atoms with E-state index in [-0.39, 0.29) is 17.1 Å². The van der Waals surface area contributed by atoms with E-state index in [1.54, 1.807) is 0 Å². The highest BCUT2D eigenvalue weighted by Crippen LogP contribution is 2.37. The molecule has 0 saturated carbocycles. The zero-order valence-corrected chi connectivity index (χ0v) is 17.8. The summed E-state index contributed by atoms with van der Waals surface area (Å²) in [7, 11) is 0. The monoisotopic (exact) mass is 505 g/mol. The average molecular weight is 506 g/mol. The number of hydrogen-bond acceptors (Lipinski definition) is 6. The lowest BCUT2D eigenvalue weighted by molar-refractivity contribution is -0.137. The van der Waals surface area contributed by atoms with Crippen molar-refractivity contribution >= 4 is 41.2 Å². The summed E-state index contributed by atoms with van der Waals surface area (Å²) in [5, 5.41) is 18.9. The van der Waals surface area contributed by atoms with Crippen LogP contribution in [0.5, 0.6) is 0 Å². The third-order valence-corrected chi connectivity index (χ3v) is 5.40. The SMILES string of the molecule is O=C(O)c1ccc(N(O)SN(Cc2c(F)cccc2F)c2ncc(C(F)(F)F)cc2Cl)cc1. The molecule has 0 saturated heterocycles. The molecule has 174 valence electrons. The molecule has 0 aliphatic rings. The third-order valence-electron chi connectivity index (χ3n) is 4.26.